The first kappa shape index (κ1) is 14.7. The van der Waals surface area contributed by atoms with Crippen LogP contribution in [0.3, 0.4) is 0 Å². The quantitative estimate of drug-likeness (QED) is 0.815. The number of amides is 2. The number of nitrogens with zero attached hydrogens (tertiary/aromatic N) is 1. The van der Waals surface area contributed by atoms with Gasteiger partial charge in [0.1, 0.15) is 5.75 Å². The molecular weight excluding hydrogens is 289 g/mol. The number of methoxy groups -OCH3 is 1. The molecule has 1 heterocycles. The molecule has 0 aliphatic rings. The standard InChI is InChI=1S/C12H11F3N4O2/c1-21-8-4-2-3-7(12(13,14)15)9(8)18-11(20)19-10-16-5-6-17-10/h2-6H,1H3,(H3,16,17,18,19,20). The van der Waals surface area contributed by atoms with Crippen LogP contribution in [0.25, 0.3) is 0 Å². The summed E-state index contributed by atoms with van der Waals surface area (Å²) in [6.07, 6.45) is -1.78. The number of benzene rings is 1. The van der Waals surface area contributed by atoms with Crippen molar-refractivity contribution in [1.82, 2.24) is 9.97 Å². The molecule has 2 amide bonds. The van der Waals surface area contributed by atoms with Crippen LogP contribution in [0, 0.1) is 0 Å². The lowest BCUT2D eigenvalue weighted by atomic mass is 10.1. The zero-order valence-corrected chi connectivity index (χ0v) is 10.8. The fourth-order valence-corrected chi connectivity index (χ4v) is 1.65. The minimum absolute atomic E-state index is 0.0978. The largest absolute Gasteiger partial charge is 0.495 e. The molecular formula is C12H11F3N4O2. The minimum Gasteiger partial charge on any atom is -0.495 e. The van der Waals surface area contributed by atoms with Gasteiger partial charge in [-0.3, -0.25) is 5.32 Å². The molecule has 6 nitrogen and oxygen atoms in total. The van der Waals surface area contributed by atoms with Gasteiger partial charge < -0.3 is 15.0 Å². The number of alkyl halides is 3. The fourth-order valence-electron chi connectivity index (χ4n) is 1.65. The van der Waals surface area contributed by atoms with E-state index in [1.165, 1.54) is 31.6 Å². The number of hydrogen-bond acceptors (Lipinski definition) is 3. The highest BCUT2D eigenvalue weighted by molar-refractivity contribution is 6.00. The van der Waals surface area contributed by atoms with E-state index in [2.05, 4.69) is 20.6 Å². The van der Waals surface area contributed by atoms with Gasteiger partial charge in [-0.25, -0.2) is 9.78 Å². The highest BCUT2D eigenvalue weighted by Crippen LogP contribution is 2.39. The summed E-state index contributed by atoms with van der Waals surface area (Å²) in [6, 6.07) is 2.49. The van der Waals surface area contributed by atoms with Crippen LogP contribution in [0.5, 0.6) is 5.75 Å². The molecule has 0 fully saturated rings. The van der Waals surface area contributed by atoms with Gasteiger partial charge in [-0.15, -0.1) is 0 Å². The lowest BCUT2D eigenvalue weighted by Crippen LogP contribution is -2.23. The van der Waals surface area contributed by atoms with E-state index in [9.17, 15) is 18.0 Å². The van der Waals surface area contributed by atoms with E-state index < -0.39 is 23.5 Å². The van der Waals surface area contributed by atoms with Crippen molar-refractivity contribution in [3.05, 3.63) is 36.2 Å². The van der Waals surface area contributed by atoms with E-state index in [0.717, 1.165) is 6.07 Å². The van der Waals surface area contributed by atoms with Crippen molar-refractivity contribution in [2.24, 2.45) is 0 Å². The molecule has 112 valence electrons. The van der Waals surface area contributed by atoms with Crippen molar-refractivity contribution in [2.75, 3.05) is 17.7 Å². The predicted octanol–water partition coefficient (Wildman–Crippen LogP) is 3.08. The summed E-state index contributed by atoms with van der Waals surface area (Å²) >= 11 is 0. The number of aromatic amines is 1. The number of H-pyrrole nitrogens is 1. The average Bonchev–Trinajstić information content (AvgIpc) is 2.90. The van der Waals surface area contributed by atoms with Gasteiger partial charge in [0.05, 0.1) is 18.4 Å². The molecule has 0 unspecified atom stereocenters. The Kier molecular flexibility index (Phi) is 4.01. The van der Waals surface area contributed by atoms with Crippen molar-refractivity contribution in [3.63, 3.8) is 0 Å². The molecule has 2 aromatic rings. The van der Waals surface area contributed by atoms with Gasteiger partial charge in [-0.1, -0.05) is 6.07 Å². The van der Waals surface area contributed by atoms with Crippen LogP contribution in [-0.4, -0.2) is 23.1 Å². The second kappa shape index (κ2) is 5.73. The summed E-state index contributed by atoms with van der Waals surface area (Å²) in [5.41, 5.74) is -1.46. The molecule has 0 aliphatic carbocycles. The number of nitrogens with one attached hydrogen (secondary N) is 3. The Morgan fingerprint density at radius 2 is 2.10 bits per heavy atom. The molecule has 0 aliphatic heterocycles. The Hall–Kier alpha value is -2.71. The number of halogens is 3. The maximum Gasteiger partial charge on any atom is 0.418 e. The first-order valence-corrected chi connectivity index (χ1v) is 5.73. The van der Waals surface area contributed by atoms with Crippen molar-refractivity contribution < 1.29 is 22.7 Å². The first-order valence-electron chi connectivity index (χ1n) is 5.73. The number of carbonyl (C=O) groups excluding carboxylic acids is 1. The van der Waals surface area contributed by atoms with Gasteiger partial charge in [0.25, 0.3) is 0 Å². The molecule has 21 heavy (non-hydrogen) atoms. The Morgan fingerprint density at radius 3 is 2.67 bits per heavy atom. The summed E-state index contributed by atoms with van der Waals surface area (Å²) in [5, 5.41) is 4.38. The Labute approximate surface area is 117 Å². The summed E-state index contributed by atoms with van der Waals surface area (Å²) in [4.78, 5) is 18.0. The lowest BCUT2D eigenvalue weighted by molar-refractivity contribution is -0.137. The maximum absolute atomic E-state index is 12.9. The highest BCUT2D eigenvalue weighted by atomic mass is 19.4. The third-order valence-corrected chi connectivity index (χ3v) is 2.52. The molecule has 0 spiro atoms. The highest BCUT2D eigenvalue weighted by Gasteiger charge is 2.35. The Bertz CT molecular complexity index is 626. The van der Waals surface area contributed by atoms with Crippen LogP contribution < -0.4 is 15.4 Å². The summed E-state index contributed by atoms with van der Waals surface area (Å²) in [6.45, 7) is 0. The van der Waals surface area contributed by atoms with Crippen LogP contribution in [-0.2, 0) is 6.18 Å². The summed E-state index contributed by atoms with van der Waals surface area (Å²) in [5.74, 6) is 0.00961. The number of carbonyl (C=O) groups is 1. The van der Waals surface area contributed by atoms with Gasteiger partial charge in [0, 0.05) is 12.4 Å². The van der Waals surface area contributed by atoms with Crippen LogP contribution >= 0.6 is 0 Å². The number of imidazole rings is 1. The molecule has 0 saturated carbocycles. The van der Waals surface area contributed by atoms with Crippen molar-refractivity contribution in [1.29, 1.82) is 0 Å². The molecule has 1 aromatic carbocycles. The van der Waals surface area contributed by atoms with Crippen LogP contribution in [0.1, 0.15) is 5.56 Å². The molecule has 9 heteroatoms. The van der Waals surface area contributed by atoms with E-state index in [4.69, 9.17) is 4.74 Å². The Balaban J connectivity index is 2.27. The van der Waals surface area contributed by atoms with Gasteiger partial charge in [0.2, 0.25) is 5.95 Å². The molecule has 0 radical (unpaired) electrons. The summed E-state index contributed by atoms with van der Waals surface area (Å²) < 4.78 is 43.7. The predicted molar refractivity (Wildman–Crippen MR) is 69.2 cm³/mol. The van der Waals surface area contributed by atoms with Gasteiger partial charge >= 0.3 is 12.2 Å². The first-order chi connectivity index (χ1) is 9.91. The SMILES string of the molecule is COc1cccc(C(F)(F)F)c1NC(=O)Nc1ncc[nH]1. The van der Waals surface area contributed by atoms with E-state index in [-0.39, 0.29) is 11.7 Å². The van der Waals surface area contributed by atoms with Gasteiger partial charge in [-0.05, 0) is 12.1 Å². The smallest absolute Gasteiger partial charge is 0.418 e. The van der Waals surface area contributed by atoms with Crippen molar-refractivity contribution in [2.45, 2.75) is 6.18 Å². The van der Waals surface area contributed by atoms with E-state index in [1.807, 2.05) is 0 Å². The number of anilines is 2. The molecule has 2 rings (SSSR count). The molecule has 0 atom stereocenters. The number of urea groups is 1. The third-order valence-electron chi connectivity index (χ3n) is 2.52. The van der Waals surface area contributed by atoms with E-state index in [0.29, 0.717) is 0 Å². The van der Waals surface area contributed by atoms with Crippen molar-refractivity contribution >= 4 is 17.7 Å². The van der Waals surface area contributed by atoms with Crippen LogP contribution in [0.2, 0.25) is 0 Å². The second-order valence-electron chi connectivity index (χ2n) is 3.90. The van der Waals surface area contributed by atoms with Gasteiger partial charge in [-0.2, -0.15) is 13.2 Å². The zero-order valence-electron chi connectivity index (χ0n) is 10.8. The van der Waals surface area contributed by atoms with E-state index in [1.54, 1.807) is 0 Å². The average molecular weight is 300 g/mol. The van der Waals surface area contributed by atoms with Crippen molar-refractivity contribution in [3.8, 4) is 5.75 Å². The number of rotatable bonds is 3. The molecule has 0 bridgehead atoms. The fraction of sp³-hybridized carbons (Fsp3) is 0.167. The minimum atomic E-state index is -4.62. The lowest BCUT2D eigenvalue weighted by Gasteiger charge is -2.16. The normalized spacial score (nSPS) is 11.0. The van der Waals surface area contributed by atoms with Crippen LogP contribution in [0.4, 0.5) is 29.6 Å². The third kappa shape index (κ3) is 3.44. The number of hydrogen-bond donors (Lipinski definition) is 3. The van der Waals surface area contributed by atoms with Gasteiger partial charge in [0.15, 0.2) is 0 Å². The Morgan fingerprint density at radius 1 is 1.33 bits per heavy atom. The molecule has 1 aromatic heterocycles. The second-order valence-corrected chi connectivity index (χ2v) is 3.90. The monoisotopic (exact) mass is 300 g/mol. The van der Waals surface area contributed by atoms with Crippen LogP contribution in [0.15, 0.2) is 30.6 Å². The molecule has 3 N–H and O–H groups in total. The zero-order chi connectivity index (χ0) is 15.5. The maximum atomic E-state index is 12.9. The summed E-state index contributed by atoms with van der Waals surface area (Å²) in [7, 11) is 1.21. The number of para-hydroxylation sites is 1. The molecule has 0 saturated heterocycles. The topological polar surface area (TPSA) is 79.0 Å². The van der Waals surface area contributed by atoms with E-state index >= 15 is 0 Å². The number of ether oxygens (including phenoxy) is 1. The number of aromatic nitrogens is 2.